The summed E-state index contributed by atoms with van der Waals surface area (Å²) in [6.45, 7) is 0.919. The van der Waals surface area contributed by atoms with E-state index in [0.29, 0.717) is 24.7 Å². The summed E-state index contributed by atoms with van der Waals surface area (Å²) in [4.78, 5) is 18.7. The van der Waals surface area contributed by atoms with Crippen molar-refractivity contribution in [1.29, 1.82) is 0 Å². The second kappa shape index (κ2) is 7.27. The number of amides is 2. The average Bonchev–Trinajstić information content (AvgIpc) is 2.69. The molecule has 5 nitrogen and oxygen atoms in total. The van der Waals surface area contributed by atoms with Gasteiger partial charge >= 0.3 is 6.03 Å². The second-order valence-electron chi connectivity index (χ2n) is 6.12. The number of pyridine rings is 1. The molecular weight excluding hydrogens is 326 g/mol. The number of ether oxygens (including phenoxy) is 1. The van der Waals surface area contributed by atoms with E-state index in [0.717, 1.165) is 17.7 Å². The third-order valence-electron chi connectivity index (χ3n) is 4.24. The van der Waals surface area contributed by atoms with Crippen LogP contribution in [0.2, 0.25) is 0 Å². The zero-order valence-corrected chi connectivity index (χ0v) is 14.3. The van der Waals surface area contributed by atoms with E-state index in [9.17, 15) is 4.79 Å². The van der Waals surface area contributed by atoms with Crippen molar-refractivity contribution in [2.24, 2.45) is 0 Å². The Morgan fingerprint density at radius 3 is 2.54 bits per heavy atom. The van der Waals surface area contributed by atoms with E-state index in [1.54, 1.807) is 4.90 Å². The lowest BCUT2D eigenvalue weighted by Gasteiger charge is -2.28. The molecule has 0 fully saturated rings. The Morgan fingerprint density at radius 1 is 1.04 bits per heavy atom. The first kappa shape index (κ1) is 16.1. The number of carbonyl (C=O) groups excluding carboxylic acids is 1. The number of carbonyl (C=O) groups is 1. The monoisotopic (exact) mass is 345 g/mol. The molecule has 0 radical (unpaired) electrons. The topological polar surface area (TPSA) is 54.5 Å². The SMILES string of the molecule is O=C(Nc1ccccc1)N1CCOc2cc(Cc3ccccc3)cnc21. The molecule has 2 heterocycles. The Labute approximate surface area is 152 Å². The van der Waals surface area contributed by atoms with Gasteiger partial charge in [0.05, 0.1) is 6.54 Å². The Kier molecular flexibility index (Phi) is 4.51. The summed E-state index contributed by atoms with van der Waals surface area (Å²) in [6.07, 6.45) is 2.59. The summed E-state index contributed by atoms with van der Waals surface area (Å²) < 4.78 is 5.75. The van der Waals surface area contributed by atoms with Crippen molar-refractivity contribution < 1.29 is 9.53 Å². The van der Waals surface area contributed by atoms with E-state index >= 15 is 0 Å². The molecule has 0 atom stereocenters. The number of benzene rings is 2. The maximum Gasteiger partial charge on any atom is 0.327 e. The Morgan fingerprint density at radius 2 is 1.77 bits per heavy atom. The Balaban J connectivity index is 1.53. The highest BCUT2D eigenvalue weighted by atomic mass is 16.5. The highest BCUT2D eigenvalue weighted by molar-refractivity contribution is 6.02. The Bertz CT molecular complexity index is 898. The van der Waals surface area contributed by atoms with Crippen LogP contribution in [0.15, 0.2) is 72.9 Å². The van der Waals surface area contributed by atoms with E-state index in [4.69, 9.17) is 4.74 Å². The van der Waals surface area contributed by atoms with E-state index < -0.39 is 0 Å². The zero-order chi connectivity index (χ0) is 17.8. The van der Waals surface area contributed by atoms with Gasteiger partial charge in [-0.15, -0.1) is 0 Å². The van der Waals surface area contributed by atoms with Crippen LogP contribution < -0.4 is 15.0 Å². The first-order chi connectivity index (χ1) is 12.8. The Hall–Kier alpha value is -3.34. The minimum absolute atomic E-state index is 0.205. The van der Waals surface area contributed by atoms with Crippen molar-refractivity contribution in [1.82, 2.24) is 4.98 Å². The van der Waals surface area contributed by atoms with E-state index in [1.165, 1.54) is 5.56 Å². The fourth-order valence-corrected chi connectivity index (χ4v) is 2.98. The number of aromatic nitrogens is 1. The number of hydrogen-bond donors (Lipinski definition) is 1. The van der Waals surface area contributed by atoms with Crippen molar-refractivity contribution in [2.75, 3.05) is 23.4 Å². The standard InChI is InChI=1S/C21H19N3O2/c25-21(23-18-9-5-2-6-10-18)24-11-12-26-19-14-17(15-22-20(19)24)13-16-7-3-1-4-8-16/h1-10,14-15H,11-13H2,(H,23,25). The van der Waals surface area contributed by atoms with Crippen LogP contribution in [0.25, 0.3) is 0 Å². The van der Waals surface area contributed by atoms with Gasteiger partial charge in [0.15, 0.2) is 11.6 Å². The molecule has 1 aliphatic rings. The third-order valence-corrected chi connectivity index (χ3v) is 4.24. The average molecular weight is 345 g/mol. The van der Waals surface area contributed by atoms with Gasteiger partial charge in [0.1, 0.15) is 6.61 Å². The lowest BCUT2D eigenvalue weighted by molar-refractivity contribution is 0.249. The van der Waals surface area contributed by atoms with Crippen LogP contribution in [-0.2, 0) is 6.42 Å². The molecule has 1 aromatic heterocycles. The normalized spacial score (nSPS) is 12.8. The second-order valence-corrected chi connectivity index (χ2v) is 6.12. The molecule has 0 spiro atoms. The molecule has 130 valence electrons. The fourth-order valence-electron chi connectivity index (χ4n) is 2.98. The molecule has 1 N–H and O–H groups in total. The lowest BCUT2D eigenvalue weighted by atomic mass is 10.1. The molecular formula is C21H19N3O2. The van der Waals surface area contributed by atoms with Gasteiger partial charge in [-0.2, -0.15) is 0 Å². The molecule has 0 saturated carbocycles. The molecule has 4 rings (SSSR count). The molecule has 5 heteroatoms. The van der Waals surface area contributed by atoms with Gasteiger partial charge in [-0.05, 0) is 35.7 Å². The largest absolute Gasteiger partial charge is 0.488 e. The summed E-state index contributed by atoms with van der Waals surface area (Å²) in [5, 5.41) is 2.90. The molecule has 0 unspecified atom stereocenters. The summed E-state index contributed by atoms with van der Waals surface area (Å²) in [7, 11) is 0. The van der Waals surface area contributed by atoms with Gasteiger partial charge in [-0.3, -0.25) is 4.90 Å². The van der Waals surface area contributed by atoms with Crippen LogP contribution in [0.4, 0.5) is 16.3 Å². The molecule has 0 saturated heterocycles. The highest BCUT2D eigenvalue weighted by Gasteiger charge is 2.25. The number of urea groups is 1. The van der Waals surface area contributed by atoms with E-state index in [1.807, 2.05) is 60.8 Å². The number of anilines is 2. The quantitative estimate of drug-likeness (QED) is 0.777. The molecule has 0 bridgehead atoms. The van der Waals surface area contributed by atoms with Crippen LogP contribution in [0, 0.1) is 0 Å². The van der Waals surface area contributed by atoms with Gasteiger partial charge in [0, 0.05) is 11.9 Å². The number of para-hydroxylation sites is 1. The van der Waals surface area contributed by atoms with Crippen LogP contribution in [0.3, 0.4) is 0 Å². The third kappa shape index (κ3) is 3.52. The maximum atomic E-state index is 12.6. The first-order valence-corrected chi connectivity index (χ1v) is 8.59. The maximum absolute atomic E-state index is 12.6. The van der Waals surface area contributed by atoms with Crippen molar-refractivity contribution in [3.8, 4) is 5.75 Å². The van der Waals surface area contributed by atoms with Crippen LogP contribution >= 0.6 is 0 Å². The first-order valence-electron chi connectivity index (χ1n) is 8.59. The molecule has 0 aliphatic carbocycles. The van der Waals surface area contributed by atoms with Gasteiger partial charge in [0.25, 0.3) is 0 Å². The minimum Gasteiger partial charge on any atom is -0.488 e. The van der Waals surface area contributed by atoms with Gasteiger partial charge in [-0.25, -0.2) is 9.78 Å². The van der Waals surface area contributed by atoms with E-state index in [-0.39, 0.29) is 6.03 Å². The predicted molar refractivity (Wildman–Crippen MR) is 102 cm³/mol. The number of rotatable bonds is 3. The minimum atomic E-state index is -0.205. The predicted octanol–water partition coefficient (Wildman–Crippen LogP) is 4.10. The molecule has 26 heavy (non-hydrogen) atoms. The van der Waals surface area contributed by atoms with Crippen LogP contribution in [-0.4, -0.2) is 24.2 Å². The smallest absolute Gasteiger partial charge is 0.327 e. The van der Waals surface area contributed by atoms with Crippen molar-refractivity contribution in [2.45, 2.75) is 6.42 Å². The lowest BCUT2D eigenvalue weighted by Crippen LogP contribution is -2.41. The number of fused-ring (bicyclic) bond motifs is 1. The summed E-state index contributed by atoms with van der Waals surface area (Å²) in [5.74, 6) is 1.20. The van der Waals surface area contributed by atoms with Gasteiger partial charge < -0.3 is 10.1 Å². The number of nitrogens with one attached hydrogen (secondary N) is 1. The van der Waals surface area contributed by atoms with Gasteiger partial charge in [0.2, 0.25) is 0 Å². The molecule has 3 aromatic rings. The van der Waals surface area contributed by atoms with Crippen LogP contribution in [0.5, 0.6) is 5.75 Å². The molecule has 2 amide bonds. The molecule has 1 aliphatic heterocycles. The summed E-state index contributed by atoms with van der Waals surface area (Å²) >= 11 is 0. The highest BCUT2D eigenvalue weighted by Crippen LogP contribution is 2.31. The van der Waals surface area contributed by atoms with Crippen molar-refractivity contribution in [3.05, 3.63) is 84.1 Å². The van der Waals surface area contributed by atoms with Crippen molar-refractivity contribution in [3.63, 3.8) is 0 Å². The summed E-state index contributed by atoms with van der Waals surface area (Å²) in [6, 6.07) is 21.4. The number of nitrogens with zero attached hydrogens (tertiary/aromatic N) is 2. The van der Waals surface area contributed by atoms with Crippen molar-refractivity contribution >= 4 is 17.5 Å². The zero-order valence-electron chi connectivity index (χ0n) is 14.3. The number of hydrogen-bond acceptors (Lipinski definition) is 3. The van der Waals surface area contributed by atoms with Gasteiger partial charge in [-0.1, -0.05) is 48.5 Å². The molecule has 2 aromatic carbocycles. The summed E-state index contributed by atoms with van der Waals surface area (Å²) in [5.41, 5.74) is 3.02. The fraction of sp³-hybridized carbons (Fsp3) is 0.143. The van der Waals surface area contributed by atoms with Crippen LogP contribution in [0.1, 0.15) is 11.1 Å². The van der Waals surface area contributed by atoms with E-state index in [2.05, 4.69) is 22.4 Å².